The first-order valence-electron chi connectivity index (χ1n) is 6.53. The molecule has 0 bridgehead atoms. The summed E-state index contributed by atoms with van der Waals surface area (Å²) in [4.78, 5) is 5.57. The number of nitrogens with zero attached hydrogens (tertiary/aromatic N) is 4. The van der Waals surface area contributed by atoms with Crippen LogP contribution in [0.25, 0.3) is 22.3 Å². The Morgan fingerprint density at radius 2 is 1.95 bits per heavy atom. The molecule has 0 amide bonds. The lowest BCUT2D eigenvalue weighted by atomic mass is 10.1. The molecule has 0 saturated carbocycles. The average molecular weight is 302 g/mol. The van der Waals surface area contributed by atoms with Crippen molar-refractivity contribution in [3.8, 4) is 23.4 Å². The van der Waals surface area contributed by atoms with E-state index < -0.39 is 0 Å². The maximum atomic E-state index is 8.76. The summed E-state index contributed by atoms with van der Waals surface area (Å²) in [6, 6.07) is 13.6. The van der Waals surface area contributed by atoms with Crippen molar-refractivity contribution < 1.29 is 0 Å². The Morgan fingerprint density at radius 3 is 2.68 bits per heavy atom. The molecule has 0 aliphatic rings. The molecule has 0 saturated heterocycles. The Morgan fingerprint density at radius 1 is 1.18 bits per heavy atom. The van der Waals surface area contributed by atoms with Crippen LogP contribution in [0.3, 0.4) is 0 Å². The van der Waals surface area contributed by atoms with Gasteiger partial charge in [-0.25, -0.2) is 4.98 Å². The largest absolute Gasteiger partial charge is 0.290 e. The Kier molecular flexibility index (Phi) is 3.82. The van der Waals surface area contributed by atoms with Crippen LogP contribution in [-0.4, -0.2) is 9.38 Å². The molecule has 0 N–H and O–H groups in total. The molecule has 0 aliphatic carbocycles. The van der Waals surface area contributed by atoms with Crippen molar-refractivity contribution in [2.24, 2.45) is 0 Å². The third-order valence-corrected chi connectivity index (χ3v) is 3.86. The fourth-order valence-electron chi connectivity index (χ4n) is 2.11. The third-order valence-electron chi connectivity index (χ3n) is 3.10. The van der Waals surface area contributed by atoms with E-state index in [-0.39, 0.29) is 5.57 Å². The van der Waals surface area contributed by atoms with Crippen LogP contribution in [0.4, 0.5) is 0 Å². The molecule has 2 heterocycles. The Hall–Kier alpha value is -3.15. The molecule has 0 aliphatic heterocycles. The zero-order chi connectivity index (χ0) is 15.4. The summed E-state index contributed by atoms with van der Waals surface area (Å²) in [7, 11) is 0. The maximum Gasteiger partial charge on any atom is 0.194 e. The van der Waals surface area contributed by atoms with Gasteiger partial charge in [-0.2, -0.15) is 10.5 Å². The van der Waals surface area contributed by atoms with Gasteiger partial charge in [-0.3, -0.25) is 4.40 Å². The fraction of sp³-hybridized carbons (Fsp3) is 0. The maximum absolute atomic E-state index is 8.76. The first kappa shape index (κ1) is 13.8. The second kappa shape index (κ2) is 6.09. The van der Waals surface area contributed by atoms with Crippen LogP contribution in [0.15, 0.2) is 59.6 Å². The van der Waals surface area contributed by atoms with Gasteiger partial charge in [0.2, 0.25) is 0 Å². The van der Waals surface area contributed by atoms with Gasteiger partial charge in [-0.15, -0.1) is 11.3 Å². The summed E-state index contributed by atoms with van der Waals surface area (Å²) < 4.78 is 2.00. The van der Waals surface area contributed by atoms with Gasteiger partial charge in [0.25, 0.3) is 0 Å². The van der Waals surface area contributed by atoms with E-state index in [0.29, 0.717) is 0 Å². The van der Waals surface area contributed by atoms with E-state index in [1.807, 2.05) is 64.5 Å². The topological polar surface area (TPSA) is 64.9 Å². The van der Waals surface area contributed by atoms with Gasteiger partial charge in [0.05, 0.1) is 11.4 Å². The predicted octanol–water partition coefficient (Wildman–Crippen LogP) is 4.05. The van der Waals surface area contributed by atoms with E-state index in [1.54, 1.807) is 17.4 Å². The van der Waals surface area contributed by atoms with Crippen molar-refractivity contribution in [2.75, 3.05) is 0 Å². The normalized spacial score (nSPS) is 10.5. The lowest BCUT2D eigenvalue weighted by Crippen LogP contribution is -1.84. The molecular formula is C17H10N4S. The molecule has 1 aromatic carbocycles. The zero-order valence-corrected chi connectivity index (χ0v) is 12.3. The van der Waals surface area contributed by atoms with Gasteiger partial charge in [-0.05, 0) is 12.2 Å². The minimum Gasteiger partial charge on any atom is -0.290 e. The van der Waals surface area contributed by atoms with Crippen molar-refractivity contribution in [3.63, 3.8) is 0 Å². The van der Waals surface area contributed by atoms with Crippen molar-refractivity contribution >= 4 is 22.4 Å². The number of hydrogen-bond acceptors (Lipinski definition) is 4. The van der Waals surface area contributed by atoms with Gasteiger partial charge < -0.3 is 0 Å². The molecule has 3 rings (SSSR count). The molecule has 0 spiro atoms. The van der Waals surface area contributed by atoms with Crippen molar-refractivity contribution in [1.82, 2.24) is 9.38 Å². The molecule has 3 aromatic rings. The Labute approximate surface area is 131 Å². The number of fused-ring (bicyclic) bond motifs is 1. The number of benzene rings is 1. The van der Waals surface area contributed by atoms with E-state index in [2.05, 4.69) is 4.98 Å². The molecule has 0 fully saturated rings. The van der Waals surface area contributed by atoms with E-state index in [0.717, 1.165) is 21.9 Å². The number of nitriles is 2. The van der Waals surface area contributed by atoms with Gasteiger partial charge in [0.15, 0.2) is 4.96 Å². The molecule has 2 aromatic heterocycles. The summed E-state index contributed by atoms with van der Waals surface area (Å²) in [6.07, 6.45) is 7.03. The Bertz CT molecular complexity index is 930. The Balaban J connectivity index is 2.10. The number of thiazole rings is 1. The minimum absolute atomic E-state index is 0.0728. The highest BCUT2D eigenvalue weighted by atomic mass is 32.1. The highest BCUT2D eigenvalue weighted by Gasteiger charge is 2.12. The van der Waals surface area contributed by atoms with Crippen LogP contribution in [0.1, 0.15) is 5.69 Å². The molecule has 0 atom stereocenters. The van der Waals surface area contributed by atoms with E-state index in [4.69, 9.17) is 10.5 Å². The van der Waals surface area contributed by atoms with E-state index in [1.165, 1.54) is 6.08 Å². The van der Waals surface area contributed by atoms with Gasteiger partial charge >= 0.3 is 0 Å². The smallest absolute Gasteiger partial charge is 0.194 e. The second-order valence-corrected chi connectivity index (χ2v) is 5.30. The molecule has 0 unspecified atom stereocenters. The van der Waals surface area contributed by atoms with Crippen LogP contribution in [0, 0.1) is 22.7 Å². The van der Waals surface area contributed by atoms with Crippen LogP contribution in [0.5, 0.6) is 0 Å². The number of imidazole rings is 1. The van der Waals surface area contributed by atoms with Gasteiger partial charge in [-0.1, -0.05) is 36.4 Å². The lowest BCUT2D eigenvalue weighted by Gasteiger charge is -1.99. The summed E-state index contributed by atoms with van der Waals surface area (Å²) in [6.45, 7) is 0. The molecule has 4 nitrogen and oxygen atoms in total. The summed E-state index contributed by atoms with van der Waals surface area (Å²) in [5, 5.41) is 19.5. The molecule has 5 heteroatoms. The van der Waals surface area contributed by atoms with Crippen LogP contribution >= 0.6 is 11.3 Å². The predicted molar refractivity (Wildman–Crippen MR) is 86.8 cm³/mol. The number of aromatic nitrogens is 2. The third kappa shape index (κ3) is 2.54. The summed E-state index contributed by atoms with van der Waals surface area (Å²) in [5.74, 6) is 0. The number of allylic oxidation sites excluding steroid dienone is 3. The van der Waals surface area contributed by atoms with Crippen LogP contribution in [0.2, 0.25) is 0 Å². The standard InChI is InChI=1S/C17H10N4S/c18-11-13(12-19)5-4-8-15-16(14-6-2-1-3-7-14)20-17-21(15)9-10-22-17/h1-10H/b8-4+. The molecule has 22 heavy (non-hydrogen) atoms. The second-order valence-electron chi connectivity index (χ2n) is 4.43. The molecular weight excluding hydrogens is 292 g/mol. The van der Waals surface area contributed by atoms with Crippen molar-refractivity contribution in [2.45, 2.75) is 0 Å². The lowest BCUT2D eigenvalue weighted by molar-refractivity contribution is 1.21. The highest BCUT2D eigenvalue weighted by molar-refractivity contribution is 7.15. The number of hydrogen-bond donors (Lipinski definition) is 0. The van der Waals surface area contributed by atoms with E-state index >= 15 is 0 Å². The summed E-state index contributed by atoms with van der Waals surface area (Å²) in [5.41, 5.74) is 2.91. The first-order chi connectivity index (χ1) is 10.8. The van der Waals surface area contributed by atoms with Gasteiger partial charge in [0, 0.05) is 17.1 Å². The average Bonchev–Trinajstić information content (AvgIpc) is 3.14. The number of rotatable bonds is 3. The zero-order valence-electron chi connectivity index (χ0n) is 11.5. The fourth-order valence-corrected chi connectivity index (χ4v) is 2.83. The minimum atomic E-state index is 0.0728. The molecule has 104 valence electrons. The van der Waals surface area contributed by atoms with Crippen LogP contribution in [-0.2, 0) is 0 Å². The van der Waals surface area contributed by atoms with Crippen molar-refractivity contribution in [1.29, 1.82) is 10.5 Å². The van der Waals surface area contributed by atoms with Gasteiger partial charge in [0.1, 0.15) is 17.7 Å². The highest BCUT2D eigenvalue weighted by Crippen LogP contribution is 2.27. The van der Waals surface area contributed by atoms with Crippen molar-refractivity contribution in [3.05, 3.63) is 65.3 Å². The quantitative estimate of drug-likeness (QED) is 0.541. The van der Waals surface area contributed by atoms with E-state index in [9.17, 15) is 0 Å². The SMILES string of the molecule is N#CC(C#N)=C/C=C/c1c(-c2ccccc2)nc2sccn12. The first-order valence-corrected chi connectivity index (χ1v) is 7.41. The van der Waals surface area contributed by atoms with Crippen LogP contribution < -0.4 is 0 Å². The summed E-state index contributed by atoms with van der Waals surface area (Å²) >= 11 is 1.56. The monoisotopic (exact) mass is 302 g/mol. The molecule has 0 radical (unpaired) electrons.